The molecular weight excluding hydrogens is 178 g/mol. The van der Waals surface area contributed by atoms with Gasteiger partial charge in [0, 0.05) is 18.8 Å². The number of hydrogen-bond acceptors (Lipinski definition) is 4. The first kappa shape index (κ1) is 10.5. The summed E-state index contributed by atoms with van der Waals surface area (Å²) in [5, 5.41) is 20.6. The van der Waals surface area contributed by atoms with Crippen molar-refractivity contribution in [3.05, 3.63) is 24.0 Å². The molecule has 0 amide bonds. The fourth-order valence-electron chi connectivity index (χ4n) is 1.14. The highest BCUT2D eigenvalue weighted by molar-refractivity contribution is 5.55. The number of nitriles is 1. The second-order valence-corrected chi connectivity index (χ2v) is 3.09. The fraction of sp³-hybridized carbons (Fsp3) is 0.400. The summed E-state index contributed by atoms with van der Waals surface area (Å²) in [5.41, 5.74) is 1.29. The molecule has 0 aromatic carbocycles. The Morgan fingerprint density at radius 1 is 1.71 bits per heavy atom. The van der Waals surface area contributed by atoms with E-state index < -0.39 is 0 Å². The SMILES string of the molecule is C[C@H](CCO)Nc1cnccc1C#N. The van der Waals surface area contributed by atoms with Crippen LogP contribution in [0.1, 0.15) is 18.9 Å². The van der Waals surface area contributed by atoms with Crippen LogP contribution in [-0.2, 0) is 0 Å². The molecule has 0 aliphatic rings. The molecule has 0 aliphatic carbocycles. The van der Waals surface area contributed by atoms with Crippen LogP contribution in [0.3, 0.4) is 0 Å². The number of pyridine rings is 1. The number of aliphatic hydroxyl groups is 1. The van der Waals surface area contributed by atoms with E-state index in [-0.39, 0.29) is 12.6 Å². The van der Waals surface area contributed by atoms with E-state index in [1.54, 1.807) is 18.5 Å². The van der Waals surface area contributed by atoms with Crippen LogP contribution in [0.15, 0.2) is 18.5 Å². The Morgan fingerprint density at radius 2 is 2.50 bits per heavy atom. The molecule has 74 valence electrons. The highest BCUT2D eigenvalue weighted by atomic mass is 16.3. The Morgan fingerprint density at radius 3 is 3.14 bits per heavy atom. The minimum absolute atomic E-state index is 0.135. The van der Waals surface area contributed by atoms with Gasteiger partial charge in [0.05, 0.1) is 17.4 Å². The van der Waals surface area contributed by atoms with Gasteiger partial charge in [0.1, 0.15) is 6.07 Å². The molecule has 1 heterocycles. The molecule has 1 aromatic heterocycles. The lowest BCUT2D eigenvalue weighted by Crippen LogP contribution is -2.17. The molecule has 0 aliphatic heterocycles. The number of aromatic nitrogens is 1. The number of aliphatic hydroxyl groups excluding tert-OH is 1. The second kappa shape index (κ2) is 5.20. The molecule has 2 N–H and O–H groups in total. The molecule has 1 atom stereocenters. The van der Waals surface area contributed by atoms with Gasteiger partial charge in [-0.2, -0.15) is 5.26 Å². The minimum Gasteiger partial charge on any atom is -0.396 e. The van der Waals surface area contributed by atoms with Gasteiger partial charge in [-0.15, -0.1) is 0 Å². The van der Waals surface area contributed by atoms with E-state index >= 15 is 0 Å². The molecule has 1 aromatic rings. The van der Waals surface area contributed by atoms with Crippen LogP contribution in [0.2, 0.25) is 0 Å². The van der Waals surface area contributed by atoms with Crippen LogP contribution >= 0.6 is 0 Å². The molecule has 0 unspecified atom stereocenters. The van der Waals surface area contributed by atoms with Crippen LogP contribution in [0.5, 0.6) is 0 Å². The molecule has 0 saturated carbocycles. The monoisotopic (exact) mass is 191 g/mol. The van der Waals surface area contributed by atoms with Gasteiger partial charge in [0.2, 0.25) is 0 Å². The number of hydrogen-bond donors (Lipinski definition) is 2. The van der Waals surface area contributed by atoms with Crippen LogP contribution in [0.4, 0.5) is 5.69 Å². The van der Waals surface area contributed by atoms with Gasteiger partial charge >= 0.3 is 0 Å². The average Bonchev–Trinajstić information content (AvgIpc) is 2.19. The summed E-state index contributed by atoms with van der Waals surface area (Å²) in [7, 11) is 0. The van der Waals surface area contributed by atoms with E-state index in [9.17, 15) is 0 Å². The lowest BCUT2D eigenvalue weighted by Gasteiger charge is -2.14. The van der Waals surface area contributed by atoms with Crippen molar-refractivity contribution in [2.75, 3.05) is 11.9 Å². The molecule has 0 bridgehead atoms. The summed E-state index contributed by atoms with van der Waals surface area (Å²) >= 11 is 0. The Hall–Kier alpha value is -1.60. The first-order chi connectivity index (χ1) is 6.77. The zero-order valence-electron chi connectivity index (χ0n) is 8.07. The molecule has 1 rings (SSSR count). The largest absolute Gasteiger partial charge is 0.396 e. The first-order valence-electron chi connectivity index (χ1n) is 4.49. The molecule has 0 fully saturated rings. The topological polar surface area (TPSA) is 68.9 Å². The van der Waals surface area contributed by atoms with Crippen molar-refractivity contribution < 1.29 is 5.11 Å². The van der Waals surface area contributed by atoms with E-state index in [2.05, 4.69) is 16.4 Å². The zero-order valence-corrected chi connectivity index (χ0v) is 8.07. The van der Waals surface area contributed by atoms with Crippen molar-refractivity contribution in [2.24, 2.45) is 0 Å². The van der Waals surface area contributed by atoms with Gasteiger partial charge in [0.15, 0.2) is 0 Å². The van der Waals surface area contributed by atoms with Crippen LogP contribution in [0.25, 0.3) is 0 Å². The van der Waals surface area contributed by atoms with Gasteiger partial charge in [-0.1, -0.05) is 0 Å². The Bertz CT molecular complexity index is 332. The molecule has 4 nitrogen and oxygen atoms in total. The van der Waals surface area contributed by atoms with E-state index in [0.29, 0.717) is 12.0 Å². The fourth-order valence-corrected chi connectivity index (χ4v) is 1.14. The van der Waals surface area contributed by atoms with Crippen molar-refractivity contribution in [3.63, 3.8) is 0 Å². The smallest absolute Gasteiger partial charge is 0.101 e. The minimum atomic E-state index is 0.135. The molecule has 4 heteroatoms. The summed E-state index contributed by atoms with van der Waals surface area (Å²) in [5.74, 6) is 0. The zero-order chi connectivity index (χ0) is 10.4. The van der Waals surface area contributed by atoms with Gasteiger partial charge in [-0.3, -0.25) is 4.98 Å². The summed E-state index contributed by atoms with van der Waals surface area (Å²) < 4.78 is 0. The van der Waals surface area contributed by atoms with Crippen LogP contribution in [0, 0.1) is 11.3 Å². The lowest BCUT2D eigenvalue weighted by atomic mass is 10.2. The van der Waals surface area contributed by atoms with E-state index in [1.165, 1.54) is 0 Å². The van der Waals surface area contributed by atoms with Crippen LogP contribution < -0.4 is 5.32 Å². The molecular formula is C10H13N3O. The highest BCUT2D eigenvalue weighted by Gasteiger charge is 2.04. The maximum Gasteiger partial charge on any atom is 0.101 e. The summed E-state index contributed by atoms with van der Waals surface area (Å²) in [6.45, 7) is 2.08. The lowest BCUT2D eigenvalue weighted by molar-refractivity contribution is 0.282. The standard InChI is InChI=1S/C10H13N3O/c1-8(3-5-14)13-10-7-12-4-2-9(10)6-11/h2,4,7-8,13-14H,3,5H2,1H3/t8-/m1/s1. The predicted octanol–water partition coefficient (Wildman–Crippen LogP) is 1.14. The number of nitrogens with one attached hydrogen (secondary N) is 1. The van der Waals surface area contributed by atoms with Gasteiger partial charge in [0.25, 0.3) is 0 Å². The Labute approximate surface area is 83.2 Å². The summed E-state index contributed by atoms with van der Waals surface area (Å²) in [4.78, 5) is 3.93. The summed E-state index contributed by atoms with van der Waals surface area (Å²) in [6.07, 6.45) is 3.85. The van der Waals surface area contributed by atoms with E-state index in [4.69, 9.17) is 10.4 Å². The van der Waals surface area contributed by atoms with Crippen molar-refractivity contribution in [1.29, 1.82) is 5.26 Å². The number of rotatable bonds is 4. The maximum absolute atomic E-state index is 8.79. The van der Waals surface area contributed by atoms with Gasteiger partial charge in [-0.05, 0) is 19.4 Å². The average molecular weight is 191 g/mol. The van der Waals surface area contributed by atoms with Crippen molar-refractivity contribution in [3.8, 4) is 6.07 Å². The maximum atomic E-state index is 8.79. The Balaban J connectivity index is 2.71. The first-order valence-corrected chi connectivity index (χ1v) is 4.49. The summed E-state index contributed by atoms with van der Waals surface area (Å²) in [6, 6.07) is 3.87. The normalized spacial score (nSPS) is 11.8. The molecule has 0 spiro atoms. The van der Waals surface area contributed by atoms with E-state index in [0.717, 1.165) is 5.69 Å². The van der Waals surface area contributed by atoms with Crippen molar-refractivity contribution in [2.45, 2.75) is 19.4 Å². The van der Waals surface area contributed by atoms with Crippen LogP contribution in [-0.4, -0.2) is 22.7 Å². The third-order valence-corrected chi connectivity index (χ3v) is 1.91. The predicted molar refractivity (Wildman–Crippen MR) is 53.7 cm³/mol. The van der Waals surface area contributed by atoms with Gasteiger partial charge in [-0.25, -0.2) is 0 Å². The molecule has 14 heavy (non-hydrogen) atoms. The second-order valence-electron chi connectivity index (χ2n) is 3.09. The number of nitrogens with zero attached hydrogens (tertiary/aromatic N) is 2. The quantitative estimate of drug-likeness (QED) is 0.748. The Kier molecular flexibility index (Phi) is 3.89. The van der Waals surface area contributed by atoms with Crippen molar-refractivity contribution in [1.82, 2.24) is 4.98 Å². The molecule has 0 saturated heterocycles. The molecule has 0 radical (unpaired) electrons. The number of anilines is 1. The third-order valence-electron chi connectivity index (χ3n) is 1.91. The highest BCUT2D eigenvalue weighted by Crippen LogP contribution is 2.13. The third kappa shape index (κ3) is 2.71. The van der Waals surface area contributed by atoms with Gasteiger partial charge < -0.3 is 10.4 Å². The van der Waals surface area contributed by atoms with Crippen molar-refractivity contribution >= 4 is 5.69 Å². The van der Waals surface area contributed by atoms with E-state index in [1.807, 2.05) is 6.92 Å².